The molecule has 8 heteroatoms. The minimum absolute atomic E-state index is 0.249. The van der Waals surface area contributed by atoms with Crippen LogP contribution in [0.3, 0.4) is 0 Å². The standard InChI is InChI=1S/C28H30FN5O2/c29-24-5-3-21(15-27(24)35-14-13-34-11-9-31-10-12-34)16-28-32-8-7-25(33-28)22-4-6-26(23(17-22)18-30)36-19-20-1-2-20/h3-8,15,17,20,31H,1-2,9-14,16,19H2. The molecule has 7 nitrogen and oxygen atoms in total. The molecular formula is C28H30FN5O2. The summed E-state index contributed by atoms with van der Waals surface area (Å²) in [4.78, 5) is 11.4. The number of piperazine rings is 1. The molecule has 1 saturated carbocycles. The fourth-order valence-corrected chi connectivity index (χ4v) is 4.21. The Morgan fingerprint density at radius 1 is 1.06 bits per heavy atom. The number of nitrogens with zero attached hydrogens (tertiary/aromatic N) is 4. The summed E-state index contributed by atoms with van der Waals surface area (Å²) in [6.07, 6.45) is 4.54. The second-order valence-corrected chi connectivity index (χ2v) is 9.32. The molecule has 1 aliphatic carbocycles. The van der Waals surface area contributed by atoms with Crippen molar-refractivity contribution in [1.82, 2.24) is 20.2 Å². The van der Waals surface area contributed by atoms with Crippen molar-refractivity contribution in [2.45, 2.75) is 19.3 Å². The van der Waals surface area contributed by atoms with Crippen molar-refractivity contribution in [1.29, 1.82) is 5.26 Å². The van der Waals surface area contributed by atoms with Crippen molar-refractivity contribution in [3.05, 3.63) is 71.4 Å². The third-order valence-corrected chi connectivity index (χ3v) is 6.51. The van der Waals surface area contributed by atoms with E-state index < -0.39 is 0 Å². The summed E-state index contributed by atoms with van der Waals surface area (Å²) in [5.41, 5.74) is 2.91. The van der Waals surface area contributed by atoms with Crippen molar-refractivity contribution in [2.75, 3.05) is 45.9 Å². The molecule has 2 aromatic carbocycles. The first-order valence-corrected chi connectivity index (χ1v) is 12.5. The zero-order chi connectivity index (χ0) is 24.7. The number of nitrogens with one attached hydrogen (secondary N) is 1. The number of hydrogen-bond acceptors (Lipinski definition) is 7. The molecular weight excluding hydrogens is 457 g/mol. The Labute approximate surface area is 210 Å². The maximum absolute atomic E-state index is 14.3. The highest BCUT2D eigenvalue weighted by atomic mass is 19.1. The fraction of sp³-hybridized carbons (Fsp3) is 0.393. The van der Waals surface area contributed by atoms with Gasteiger partial charge in [-0.1, -0.05) is 6.07 Å². The average Bonchev–Trinajstić information content (AvgIpc) is 3.75. The molecule has 2 heterocycles. The van der Waals surface area contributed by atoms with Crippen LogP contribution in [0.2, 0.25) is 0 Å². The van der Waals surface area contributed by atoms with E-state index in [-0.39, 0.29) is 11.6 Å². The van der Waals surface area contributed by atoms with Crippen LogP contribution < -0.4 is 14.8 Å². The van der Waals surface area contributed by atoms with E-state index in [0.29, 0.717) is 42.7 Å². The van der Waals surface area contributed by atoms with Gasteiger partial charge in [-0.05, 0) is 60.7 Å². The van der Waals surface area contributed by atoms with Gasteiger partial charge in [0.2, 0.25) is 0 Å². The number of ether oxygens (including phenoxy) is 2. The molecule has 1 aromatic heterocycles. The molecule has 1 N–H and O–H groups in total. The summed E-state index contributed by atoms with van der Waals surface area (Å²) in [5.74, 6) is 1.71. The molecule has 5 rings (SSSR count). The predicted octanol–water partition coefficient (Wildman–Crippen LogP) is 3.82. The van der Waals surface area contributed by atoms with Crippen LogP contribution in [0.4, 0.5) is 4.39 Å². The summed E-state index contributed by atoms with van der Waals surface area (Å²) in [7, 11) is 0. The summed E-state index contributed by atoms with van der Waals surface area (Å²) < 4.78 is 25.9. The highest BCUT2D eigenvalue weighted by molar-refractivity contribution is 5.64. The van der Waals surface area contributed by atoms with Gasteiger partial charge in [0.1, 0.15) is 24.3 Å². The van der Waals surface area contributed by atoms with Crippen molar-refractivity contribution in [3.8, 4) is 28.8 Å². The normalized spacial score (nSPS) is 15.9. The van der Waals surface area contributed by atoms with Gasteiger partial charge in [-0.15, -0.1) is 0 Å². The Kier molecular flexibility index (Phi) is 7.70. The Morgan fingerprint density at radius 2 is 1.92 bits per heavy atom. The van der Waals surface area contributed by atoms with Gasteiger partial charge in [-0.3, -0.25) is 4.90 Å². The van der Waals surface area contributed by atoms with Crippen molar-refractivity contribution in [3.63, 3.8) is 0 Å². The lowest BCUT2D eigenvalue weighted by Gasteiger charge is -2.26. The third kappa shape index (κ3) is 6.36. The molecule has 3 aromatic rings. The van der Waals surface area contributed by atoms with Crippen LogP contribution in [-0.2, 0) is 6.42 Å². The second-order valence-electron chi connectivity index (χ2n) is 9.32. The first-order chi connectivity index (χ1) is 17.7. The van der Waals surface area contributed by atoms with E-state index in [2.05, 4.69) is 21.3 Å². The fourth-order valence-electron chi connectivity index (χ4n) is 4.21. The summed E-state index contributed by atoms with van der Waals surface area (Å²) in [6, 6.07) is 14.5. The molecule has 0 spiro atoms. The van der Waals surface area contributed by atoms with E-state index in [9.17, 15) is 9.65 Å². The maximum Gasteiger partial charge on any atom is 0.165 e. The summed E-state index contributed by atoms with van der Waals surface area (Å²) >= 11 is 0. The number of nitriles is 1. The molecule has 1 saturated heterocycles. The van der Waals surface area contributed by atoms with Crippen LogP contribution in [0.15, 0.2) is 48.7 Å². The number of benzene rings is 2. The Bertz CT molecular complexity index is 1230. The van der Waals surface area contributed by atoms with E-state index in [1.807, 2.05) is 18.2 Å². The van der Waals surface area contributed by atoms with E-state index in [4.69, 9.17) is 14.5 Å². The first-order valence-electron chi connectivity index (χ1n) is 12.5. The topological polar surface area (TPSA) is 83.3 Å². The number of hydrogen-bond donors (Lipinski definition) is 1. The molecule has 2 aliphatic rings. The van der Waals surface area contributed by atoms with E-state index in [0.717, 1.165) is 49.5 Å². The van der Waals surface area contributed by atoms with Crippen LogP contribution in [0, 0.1) is 23.1 Å². The highest BCUT2D eigenvalue weighted by Crippen LogP contribution is 2.31. The number of halogens is 1. The second kappa shape index (κ2) is 11.5. The Balaban J connectivity index is 1.24. The van der Waals surface area contributed by atoms with Gasteiger partial charge in [0.15, 0.2) is 11.6 Å². The van der Waals surface area contributed by atoms with Gasteiger partial charge >= 0.3 is 0 Å². The SMILES string of the molecule is N#Cc1cc(-c2ccnc(Cc3ccc(F)c(OCCN4CCNCC4)c3)n2)ccc1OCC1CC1. The summed E-state index contributed by atoms with van der Waals surface area (Å²) in [5, 5.41) is 12.9. The lowest BCUT2D eigenvalue weighted by atomic mass is 10.1. The van der Waals surface area contributed by atoms with Gasteiger partial charge in [0, 0.05) is 50.9 Å². The van der Waals surface area contributed by atoms with Gasteiger partial charge in [0.25, 0.3) is 0 Å². The first kappa shape index (κ1) is 24.2. The molecule has 36 heavy (non-hydrogen) atoms. The van der Waals surface area contributed by atoms with Crippen molar-refractivity contribution >= 4 is 0 Å². The van der Waals surface area contributed by atoms with Crippen LogP contribution in [0.5, 0.6) is 11.5 Å². The third-order valence-electron chi connectivity index (χ3n) is 6.51. The van der Waals surface area contributed by atoms with E-state index >= 15 is 0 Å². The van der Waals surface area contributed by atoms with Gasteiger partial charge in [0.05, 0.1) is 17.9 Å². The molecule has 186 valence electrons. The van der Waals surface area contributed by atoms with Gasteiger partial charge in [-0.25, -0.2) is 14.4 Å². The van der Waals surface area contributed by atoms with Crippen molar-refractivity contribution < 1.29 is 13.9 Å². The zero-order valence-electron chi connectivity index (χ0n) is 20.3. The minimum atomic E-state index is -0.373. The maximum atomic E-state index is 14.3. The van der Waals surface area contributed by atoms with Crippen molar-refractivity contribution in [2.24, 2.45) is 5.92 Å². The number of rotatable bonds is 10. The number of aromatic nitrogens is 2. The molecule has 0 unspecified atom stereocenters. The van der Waals surface area contributed by atoms with Crippen LogP contribution in [-0.4, -0.2) is 60.8 Å². The lowest BCUT2D eigenvalue weighted by molar-refractivity contribution is 0.188. The molecule has 2 fully saturated rings. The van der Waals surface area contributed by atoms with Gasteiger partial charge < -0.3 is 14.8 Å². The largest absolute Gasteiger partial charge is 0.492 e. The zero-order valence-corrected chi connectivity index (χ0v) is 20.3. The molecule has 0 atom stereocenters. The monoisotopic (exact) mass is 487 g/mol. The lowest BCUT2D eigenvalue weighted by Crippen LogP contribution is -2.44. The van der Waals surface area contributed by atoms with Crippen LogP contribution in [0.25, 0.3) is 11.3 Å². The predicted molar refractivity (Wildman–Crippen MR) is 134 cm³/mol. The molecule has 0 bridgehead atoms. The van der Waals surface area contributed by atoms with Gasteiger partial charge in [-0.2, -0.15) is 5.26 Å². The quantitative estimate of drug-likeness (QED) is 0.466. The van der Waals surface area contributed by atoms with E-state index in [1.54, 1.807) is 24.4 Å². The van der Waals surface area contributed by atoms with E-state index in [1.165, 1.54) is 18.9 Å². The Morgan fingerprint density at radius 3 is 2.72 bits per heavy atom. The highest BCUT2D eigenvalue weighted by Gasteiger charge is 2.22. The molecule has 1 aliphatic heterocycles. The minimum Gasteiger partial charge on any atom is -0.492 e. The van der Waals surface area contributed by atoms with Crippen LogP contribution in [0.1, 0.15) is 29.8 Å². The smallest absolute Gasteiger partial charge is 0.165 e. The Hall–Kier alpha value is -3.54. The summed E-state index contributed by atoms with van der Waals surface area (Å²) in [6.45, 7) is 5.76. The van der Waals surface area contributed by atoms with Crippen LogP contribution >= 0.6 is 0 Å². The molecule has 0 radical (unpaired) electrons. The average molecular weight is 488 g/mol. The molecule has 0 amide bonds.